The van der Waals surface area contributed by atoms with Gasteiger partial charge in [-0.25, -0.2) is 0 Å². The minimum atomic E-state index is 0.137. The SMILES string of the molecule is Cc1ccccc1/C=C/C(Nc1ccccc1)c1ccccc1. The van der Waals surface area contributed by atoms with Crippen LogP contribution in [0.15, 0.2) is 91.0 Å². The summed E-state index contributed by atoms with van der Waals surface area (Å²) in [5.41, 5.74) is 4.91. The average Bonchev–Trinajstić information content (AvgIpc) is 2.61. The van der Waals surface area contributed by atoms with Crippen molar-refractivity contribution in [3.8, 4) is 0 Å². The Morgan fingerprint density at radius 1 is 0.739 bits per heavy atom. The van der Waals surface area contributed by atoms with Crippen LogP contribution in [0, 0.1) is 6.92 Å². The molecule has 23 heavy (non-hydrogen) atoms. The van der Waals surface area contributed by atoms with Gasteiger partial charge in [-0.15, -0.1) is 0 Å². The molecule has 0 aliphatic heterocycles. The molecule has 1 heteroatoms. The Bertz CT molecular complexity index is 760. The zero-order valence-corrected chi connectivity index (χ0v) is 13.3. The standard InChI is InChI=1S/C22H21N/c1-18-10-8-9-11-19(18)16-17-22(20-12-4-2-5-13-20)23-21-14-6-3-7-15-21/h2-17,22-23H,1H3/b17-16+. The van der Waals surface area contributed by atoms with Gasteiger partial charge >= 0.3 is 0 Å². The van der Waals surface area contributed by atoms with Crippen LogP contribution in [0.3, 0.4) is 0 Å². The Hall–Kier alpha value is -2.80. The summed E-state index contributed by atoms with van der Waals surface area (Å²) in [6, 6.07) is 29.4. The van der Waals surface area contributed by atoms with Crippen molar-refractivity contribution in [1.82, 2.24) is 0 Å². The Morgan fingerprint density at radius 2 is 1.35 bits per heavy atom. The number of rotatable bonds is 5. The van der Waals surface area contributed by atoms with Crippen molar-refractivity contribution in [2.75, 3.05) is 5.32 Å². The van der Waals surface area contributed by atoms with E-state index in [1.807, 2.05) is 12.1 Å². The average molecular weight is 299 g/mol. The third-order valence-corrected chi connectivity index (χ3v) is 3.91. The van der Waals surface area contributed by atoms with Gasteiger partial charge in [0.1, 0.15) is 0 Å². The summed E-state index contributed by atoms with van der Waals surface area (Å²) in [4.78, 5) is 0. The summed E-state index contributed by atoms with van der Waals surface area (Å²) in [5.74, 6) is 0. The van der Waals surface area contributed by atoms with Crippen LogP contribution < -0.4 is 5.32 Å². The normalized spacial score (nSPS) is 12.2. The second-order valence-corrected chi connectivity index (χ2v) is 5.61. The molecule has 0 bridgehead atoms. The molecule has 0 heterocycles. The van der Waals surface area contributed by atoms with Crippen molar-refractivity contribution in [3.63, 3.8) is 0 Å². The minimum absolute atomic E-state index is 0.137. The summed E-state index contributed by atoms with van der Waals surface area (Å²) in [7, 11) is 0. The number of anilines is 1. The molecule has 0 radical (unpaired) electrons. The van der Waals surface area contributed by atoms with Crippen LogP contribution in [-0.2, 0) is 0 Å². The van der Waals surface area contributed by atoms with Gasteiger partial charge in [-0.05, 0) is 35.7 Å². The summed E-state index contributed by atoms with van der Waals surface area (Å²) < 4.78 is 0. The lowest BCUT2D eigenvalue weighted by atomic mass is 10.0. The largest absolute Gasteiger partial charge is 0.375 e. The Kier molecular flexibility index (Phi) is 4.90. The van der Waals surface area contributed by atoms with E-state index in [9.17, 15) is 0 Å². The van der Waals surface area contributed by atoms with Crippen LogP contribution in [0.5, 0.6) is 0 Å². The maximum Gasteiger partial charge on any atom is 0.0701 e. The number of para-hydroxylation sites is 1. The molecular weight excluding hydrogens is 278 g/mol. The van der Waals surface area contributed by atoms with Gasteiger partial charge in [-0.2, -0.15) is 0 Å². The Labute approximate surface area is 138 Å². The smallest absolute Gasteiger partial charge is 0.0701 e. The van der Waals surface area contributed by atoms with E-state index in [1.165, 1.54) is 16.7 Å². The van der Waals surface area contributed by atoms with E-state index >= 15 is 0 Å². The summed E-state index contributed by atoms with van der Waals surface area (Å²) in [5, 5.41) is 3.60. The van der Waals surface area contributed by atoms with Crippen molar-refractivity contribution < 1.29 is 0 Å². The lowest BCUT2D eigenvalue weighted by Crippen LogP contribution is -2.07. The maximum atomic E-state index is 3.60. The van der Waals surface area contributed by atoms with Gasteiger partial charge in [0.25, 0.3) is 0 Å². The molecule has 1 nitrogen and oxygen atoms in total. The van der Waals surface area contributed by atoms with Crippen LogP contribution in [0.1, 0.15) is 22.7 Å². The summed E-state index contributed by atoms with van der Waals surface area (Å²) in [6.45, 7) is 2.14. The van der Waals surface area contributed by atoms with Crippen molar-refractivity contribution in [2.24, 2.45) is 0 Å². The first kappa shape index (κ1) is 15.1. The van der Waals surface area contributed by atoms with Crippen LogP contribution in [0.4, 0.5) is 5.69 Å². The highest BCUT2D eigenvalue weighted by atomic mass is 14.9. The van der Waals surface area contributed by atoms with Crippen molar-refractivity contribution >= 4 is 11.8 Å². The predicted octanol–water partition coefficient (Wildman–Crippen LogP) is 5.86. The fraction of sp³-hybridized carbons (Fsp3) is 0.0909. The van der Waals surface area contributed by atoms with Crippen LogP contribution in [0.25, 0.3) is 6.08 Å². The third-order valence-electron chi connectivity index (χ3n) is 3.91. The number of aryl methyl sites for hydroxylation is 1. The molecule has 3 rings (SSSR count). The topological polar surface area (TPSA) is 12.0 Å². The van der Waals surface area contributed by atoms with Gasteiger partial charge in [0.2, 0.25) is 0 Å². The first-order chi connectivity index (χ1) is 11.3. The van der Waals surface area contributed by atoms with Crippen molar-refractivity contribution in [2.45, 2.75) is 13.0 Å². The fourth-order valence-electron chi connectivity index (χ4n) is 2.59. The van der Waals surface area contributed by atoms with E-state index in [-0.39, 0.29) is 6.04 Å². The molecule has 0 amide bonds. The number of hydrogen-bond acceptors (Lipinski definition) is 1. The Balaban J connectivity index is 1.88. The van der Waals surface area contributed by atoms with Gasteiger partial charge < -0.3 is 5.32 Å². The van der Waals surface area contributed by atoms with Gasteiger partial charge in [0, 0.05) is 5.69 Å². The number of nitrogens with one attached hydrogen (secondary N) is 1. The lowest BCUT2D eigenvalue weighted by molar-refractivity contribution is 0.989. The van der Waals surface area contributed by atoms with E-state index < -0.39 is 0 Å². The fourth-order valence-corrected chi connectivity index (χ4v) is 2.59. The van der Waals surface area contributed by atoms with Crippen LogP contribution in [0.2, 0.25) is 0 Å². The molecule has 1 unspecified atom stereocenters. The predicted molar refractivity (Wildman–Crippen MR) is 99.5 cm³/mol. The maximum absolute atomic E-state index is 3.60. The number of benzene rings is 3. The van der Waals surface area contributed by atoms with Gasteiger partial charge in [0.05, 0.1) is 6.04 Å². The second-order valence-electron chi connectivity index (χ2n) is 5.61. The van der Waals surface area contributed by atoms with Crippen molar-refractivity contribution in [1.29, 1.82) is 0 Å². The summed E-state index contributed by atoms with van der Waals surface area (Å²) >= 11 is 0. The van der Waals surface area contributed by atoms with Gasteiger partial charge in [-0.3, -0.25) is 0 Å². The molecule has 0 aliphatic carbocycles. The van der Waals surface area contributed by atoms with E-state index in [2.05, 4.69) is 97.2 Å². The molecule has 1 atom stereocenters. The van der Waals surface area contributed by atoms with Crippen molar-refractivity contribution in [3.05, 3.63) is 108 Å². The molecule has 1 N–H and O–H groups in total. The molecule has 0 aliphatic rings. The zero-order chi connectivity index (χ0) is 15.9. The van der Waals surface area contributed by atoms with Gasteiger partial charge in [-0.1, -0.05) is 84.9 Å². The Morgan fingerprint density at radius 3 is 2.04 bits per heavy atom. The lowest BCUT2D eigenvalue weighted by Gasteiger charge is -2.17. The molecular formula is C22H21N. The second kappa shape index (κ2) is 7.46. The highest BCUT2D eigenvalue weighted by molar-refractivity contribution is 5.56. The highest BCUT2D eigenvalue weighted by Crippen LogP contribution is 2.22. The molecule has 0 saturated heterocycles. The third kappa shape index (κ3) is 4.10. The molecule has 3 aromatic carbocycles. The van der Waals surface area contributed by atoms with Gasteiger partial charge in [0.15, 0.2) is 0 Å². The van der Waals surface area contributed by atoms with E-state index in [1.54, 1.807) is 0 Å². The quantitative estimate of drug-likeness (QED) is 0.622. The van der Waals surface area contributed by atoms with E-state index in [0.717, 1.165) is 5.69 Å². The monoisotopic (exact) mass is 299 g/mol. The first-order valence-corrected chi connectivity index (χ1v) is 7.93. The molecule has 0 aromatic heterocycles. The summed E-state index contributed by atoms with van der Waals surface area (Å²) in [6.07, 6.45) is 4.42. The first-order valence-electron chi connectivity index (χ1n) is 7.93. The molecule has 0 saturated carbocycles. The zero-order valence-electron chi connectivity index (χ0n) is 13.3. The molecule has 0 fully saturated rings. The highest BCUT2D eigenvalue weighted by Gasteiger charge is 2.07. The molecule has 0 spiro atoms. The van der Waals surface area contributed by atoms with Crippen LogP contribution in [-0.4, -0.2) is 0 Å². The van der Waals surface area contributed by atoms with E-state index in [4.69, 9.17) is 0 Å². The molecule has 114 valence electrons. The molecule has 3 aromatic rings. The minimum Gasteiger partial charge on any atom is -0.375 e. The van der Waals surface area contributed by atoms with E-state index in [0.29, 0.717) is 0 Å². The van der Waals surface area contributed by atoms with Crippen LogP contribution >= 0.6 is 0 Å². The number of hydrogen-bond donors (Lipinski definition) is 1.